The maximum atomic E-state index is 12.4. The summed E-state index contributed by atoms with van der Waals surface area (Å²) in [4.78, 5) is 0.128. The van der Waals surface area contributed by atoms with Crippen LogP contribution in [-0.2, 0) is 10.0 Å². The maximum Gasteiger partial charge on any atom is 0.243 e. The van der Waals surface area contributed by atoms with Crippen molar-refractivity contribution in [3.63, 3.8) is 0 Å². The second-order valence-electron chi connectivity index (χ2n) is 4.13. The zero-order chi connectivity index (χ0) is 14.3. The van der Waals surface area contributed by atoms with Gasteiger partial charge in [-0.05, 0) is 31.0 Å². The Balaban J connectivity index is 2.97. The van der Waals surface area contributed by atoms with Crippen molar-refractivity contribution in [2.75, 3.05) is 32.0 Å². The molecule has 108 valence electrons. The molecule has 0 bridgehead atoms. The summed E-state index contributed by atoms with van der Waals surface area (Å²) in [6.45, 7) is 0.269. The molecule has 7 heteroatoms. The predicted octanol–water partition coefficient (Wildman–Crippen LogP) is 0.0243. The number of nitrogens with zero attached hydrogens (tertiary/aromatic N) is 1. The summed E-state index contributed by atoms with van der Waals surface area (Å²) in [5, 5.41) is 17.7. The zero-order valence-electron chi connectivity index (χ0n) is 10.7. The Labute approximate surface area is 113 Å². The van der Waals surface area contributed by atoms with Crippen LogP contribution < -0.4 is 5.73 Å². The number of nitrogens with two attached hydrogens (primary N) is 1. The van der Waals surface area contributed by atoms with Crippen LogP contribution in [0.1, 0.15) is 12.8 Å². The van der Waals surface area contributed by atoms with Crippen LogP contribution in [0, 0.1) is 0 Å². The number of hydrogen-bond acceptors (Lipinski definition) is 5. The van der Waals surface area contributed by atoms with Crippen LogP contribution in [0.2, 0.25) is 0 Å². The van der Waals surface area contributed by atoms with Crippen LogP contribution >= 0.6 is 0 Å². The Morgan fingerprint density at radius 3 is 2.16 bits per heavy atom. The van der Waals surface area contributed by atoms with Gasteiger partial charge in [0.25, 0.3) is 0 Å². The van der Waals surface area contributed by atoms with Gasteiger partial charge in [0.15, 0.2) is 0 Å². The van der Waals surface area contributed by atoms with Gasteiger partial charge in [0.1, 0.15) is 0 Å². The lowest BCUT2D eigenvalue weighted by Crippen LogP contribution is -2.33. The van der Waals surface area contributed by atoms with E-state index in [-0.39, 0.29) is 31.2 Å². The number of rotatable bonds is 8. The van der Waals surface area contributed by atoms with Gasteiger partial charge < -0.3 is 15.9 Å². The van der Waals surface area contributed by atoms with E-state index < -0.39 is 10.0 Å². The SMILES string of the molecule is Nc1cccc(S(=O)(=O)N(CCCO)CCCO)c1. The molecule has 0 aromatic heterocycles. The highest BCUT2D eigenvalue weighted by molar-refractivity contribution is 7.89. The third-order valence-corrected chi connectivity index (χ3v) is 4.52. The summed E-state index contributed by atoms with van der Waals surface area (Å²) in [7, 11) is -3.64. The summed E-state index contributed by atoms with van der Waals surface area (Å²) >= 11 is 0. The van der Waals surface area contributed by atoms with Crippen molar-refractivity contribution in [1.29, 1.82) is 0 Å². The largest absolute Gasteiger partial charge is 0.399 e. The van der Waals surface area contributed by atoms with Crippen molar-refractivity contribution in [3.05, 3.63) is 24.3 Å². The lowest BCUT2D eigenvalue weighted by atomic mass is 10.3. The molecule has 0 fully saturated rings. The Morgan fingerprint density at radius 2 is 1.68 bits per heavy atom. The van der Waals surface area contributed by atoms with Crippen molar-refractivity contribution >= 4 is 15.7 Å². The molecule has 19 heavy (non-hydrogen) atoms. The molecule has 0 unspecified atom stereocenters. The molecule has 0 aliphatic rings. The highest BCUT2D eigenvalue weighted by Crippen LogP contribution is 2.18. The second-order valence-corrected chi connectivity index (χ2v) is 6.07. The first-order valence-electron chi connectivity index (χ1n) is 6.09. The Bertz CT molecular complexity index is 482. The first-order valence-corrected chi connectivity index (χ1v) is 7.54. The molecule has 6 nitrogen and oxygen atoms in total. The molecule has 0 saturated heterocycles. The molecule has 0 atom stereocenters. The predicted molar refractivity (Wildman–Crippen MR) is 73.0 cm³/mol. The molecule has 0 amide bonds. The molecule has 0 aliphatic carbocycles. The van der Waals surface area contributed by atoms with E-state index in [0.717, 1.165) is 0 Å². The number of hydrogen-bond donors (Lipinski definition) is 3. The van der Waals surface area contributed by atoms with Crippen molar-refractivity contribution in [2.45, 2.75) is 17.7 Å². The van der Waals surface area contributed by atoms with Gasteiger partial charge in [-0.1, -0.05) is 6.07 Å². The van der Waals surface area contributed by atoms with Gasteiger partial charge in [0, 0.05) is 32.0 Å². The topological polar surface area (TPSA) is 104 Å². The van der Waals surface area contributed by atoms with Gasteiger partial charge in [-0.2, -0.15) is 4.31 Å². The third kappa shape index (κ3) is 4.46. The minimum absolute atomic E-state index is 0.0813. The minimum Gasteiger partial charge on any atom is -0.399 e. The average molecular weight is 288 g/mol. The van der Waals surface area contributed by atoms with E-state index >= 15 is 0 Å². The monoisotopic (exact) mass is 288 g/mol. The summed E-state index contributed by atoms with van der Waals surface area (Å²) in [6.07, 6.45) is 0.708. The van der Waals surface area contributed by atoms with E-state index in [9.17, 15) is 8.42 Å². The minimum atomic E-state index is -3.64. The van der Waals surface area contributed by atoms with Crippen LogP contribution in [0.25, 0.3) is 0 Å². The van der Waals surface area contributed by atoms with Crippen LogP contribution in [-0.4, -0.2) is 49.2 Å². The van der Waals surface area contributed by atoms with Crippen molar-refractivity contribution < 1.29 is 18.6 Å². The Hall–Kier alpha value is -1.15. The van der Waals surface area contributed by atoms with E-state index in [4.69, 9.17) is 15.9 Å². The normalized spacial score (nSPS) is 11.9. The number of nitrogen functional groups attached to an aromatic ring is 1. The van der Waals surface area contributed by atoms with E-state index in [1.54, 1.807) is 12.1 Å². The summed E-state index contributed by atoms with van der Waals surface area (Å²) in [5.41, 5.74) is 5.97. The molecule has 4 N–H and O–H groups in total. The van der Waals surface area contributed by atoms with E-state index in [1.165, 1.54) is 16.4 Å². The highest BCUT2D eigenvalue weighted by Gasteiger charge is 2.23. The third-order valence-electron chi connectivity index (χ3n) is 2.63. The van der Waals surface area contributed by atoms with Crippen LogP contribution in [0.15, 0.2) is 29.2 Å². The van der Waals surface area contributed by atoms with E-state index in [2.05, 4.69) is 0 Å². The van der Waals surface area contributed by atoms with Gasteiger partial charge >= 0.3 is 0 Å². The summed E-state index contributed by atoms with van der Waals surface area (Å²) in [5.74, 6) is 0. The first kappa shape index (κ1) is 15.9. The average Bonchev–Trinajstić information content (AvgIpc) is 2.38. The number of aliphatic hydroxyl groups excluding tert-OH is 2. The van der Waals surface area contributed by atoms with Crippen LogP contribution in [0.5, 0.6) is 0 Å². The van der Waals surface area contributed by atoms with E-state index in [1.807, 2.05) is 0 Å². The van der Waals surface area contributed by atoms with Crippen molar-refractivity contribution in [3.8, 4) is 0 Å². The van der Waals surface area contributed by atoms with Crippen LogP contribution in [0.3, 0.4) is 0 Å². The quantitative estimate of drug-likeness (QED) is 0.585. The van der Waals surface area contributed by atoms with E-state index in [0.29, 0.717) is 18.5 Å². The highest BCUT2D eigenvalue weighted by atomic mass is 32.2. The van der Waals surface area contributed by atoms with Gasteiger partial charge in [-0.25, -0.2) is 8.42 Å². The molecular formula is C12H20N2O4S. The van der Waals surface area contributed by atoms with Gasteiger partial charge in [-0.15, -0.1) is 0 Å². The smallest absolute Gasteiger partial charge is 0.243 e. The summed E-state index contributed by atoms with van der Waals surface area (Å²) < 4.78 is 26.1. The fourth-order valence-corrected chi connectivity index (χ4v) is 3.24. The number of sulfonamides is 1. The fraction of sp³-hybridized carbons (Fsp3) is 0.500. The molecule has 0 saturated carbocycles. The molecule has 0 radical (unpaired) electrons. The van der Waals surface area contributed by atoms with Gasteiger partial charge in [-0.3, -0.25) is 0 Å². The van der Waals surface area contributed by atoms with Gasteiger partial charge in [0.2, 0.25) is 10.0 Å². The second kappa shape index (κ2) is 7.44. The Morgan fingerprint density at radius 1 is 1.11 bits per heavy atom. The lowest BCUT2D eigenvalue weighted by molar-refractivity contribution is 0.250. The standard InChI is InChI=1S/C12H20N2O4S/c13-11-4-1-5-12(10-11)19(17,18)14(6-2-8-15)7-3-9-16/h1,4-5,10,15-16H,2-3,6-9,13H2. The fourth-order valence-electron chi connectivity index (χ4n) is 1.67. The molecule has 0 spiro atoms. The molecule has 1 aromatic carbocycles. The lowest BCUT2D eigenvalue weighted by Gasteiger charge is -2.21. The number of benzene rings is 1. The number of anilines is 1. The molecule has 1 aromatic rings. The molecule has 0 aliphatic heterocycles. The van der Waals surface area contributed by atoms with Gasteiger partial charge in [0.05, 0.1) is 4.90 Å². The maximum absolute atomic E-state index is 12.4. The Kier molecular flexibility index (Phi) is 6.23. The molecule has 0 heterocycles. The first-order chi connectivity index (χ1) is 9.02. The molecule has 1 rings (SSSR count). The van der Waals surface area contributed by atoms with Crippen LogP contribution in [0.4, 0.5) is 5.69 Å². The van der Waals surface area contributed by atoms with Crippen molar-refractivity contribution in [2.24, 2.45) is 0 Å². The summed E-state index contributed by atoms with van der Waals surface area (Å²) in [6, 6.07) is 6.08. The van der Waals surface area contributed by atoms with Crippen molar-refractivity contribution in [1.82, 2.24) is 4.31 Å². The zero-order valence-corrected chi connectivity index (χ0v) is 11.5. The molecular weight excluding hydrogens is 268 g/mol. The number of aliphatic hydroxyl groups is 2.